The van der Waals surface area contributed by atoms with E-state index in [0.717, 1.165) is 5.57 Å². The van der Waals surface area contributed by atoms with Gasteiger partial charge in [-0.15, -0.1) is 6.42 Å². The normalized spacial score (nSPS) is 22.8. The van der Waals surface area contributed by atoms with Crippen LogP contribution in [0.3, 0.4) is 0 Å². The SMILES string of the molecule is C#CC1CC(C(C)=O)=C(C)O1. The lowest BCUT2D eigenvalue weighted by Crippen LogP contribution is -2.02. The lowest BCUT2D eigenvalue weighted by molar-refractivity contribution is -0.113. The number of carbonyl (C=O) groups is 1. The molecule has 1 rings (SSSR count). The first-order chi connectivity index (χ1) is 5.15. The number of hydrogen-bond acceptors (Lipinski definition) is 2. The van der Waals surface area contributed by atoms with Crippen molar-refractivity contribution in [1.29, 1.82) is 0 Å². The van der Waals surface area contributed by atoms with Crippen LogP contribution in [-0.4, -0.2) is 11.9 Å². The molecule has 0 aromatic heterocycles. The molecule has 1 unspecified atom stereocenters. The van der Waals surface area contributed by atoms with Crippen LogP contribution in [0.1, 0.15) is 20.3 Å². The van der Waals surface area contributed by atoms with Gasteiger partial charge >= 0.3 is 0 Å². The highest BCUT2D eigenvalue weighted by Crippen LogP contribution is 2.24. The van der Waals surface area contributed by atoms with Crippen LogP contribution < -0.4 is 0 Å². The summed E-state index contributed by atoms with van der Waals surface area (Å²) in [6.45, 7) is 3.30. The van der Waals surface area contributed by atoms with Crippen molar-refractivity contribution in [3.8, 4) is 12.3 Å². The number of hydrogen-bond donors (Lipinski definition) is 0. The molecule has 0 saturated carbocycles. The van der Waals surface area contributed by atoms with Crippen molar-refractivity contribution in [2.45, 2.75) is 26.4 Å². The van der Waals surface area contributed by atoms with E-state index in [4.69, 9.17) is 11.2 Å². The van der Waals surface area contributed by atoms with Gasteiger partial charge in [0.1, 0.15) is 5.76 Å². The molecule has 0 spiro atoms. The minimum absolute atomic E-state index is 0.0558. The molecule has 11 heavy (non-hydrogen) atoms. The molecule has 0 N–H and O–H groups in total. The van der Waals surface area contributed by atoms with E-state index in [-0.39, 0.29) is 11.9 Å². The number of ketones is 1. The first kappa shape index (κ1) is 7.87. The number of allylic oxidation sites excluding steroid dienone is 1. The maximum absolute atomic E-state index is 10.9. The number of carbonyl (C=O) groups excluding carboxylic acids is 1. The summed E-state index contributed by atoms with van der Waals surface area (Å²) in [6.07, 6.45) is 5.48. The van der Waals surface area contributed by atoms with Gasteiger partial charge < -0.3 is 4.74 Å². The summed E-state index contributed by atoms with van der Waals surface area (Å²) in [5.41, 5.74) is 0.730. The second-order valence-corrected chi connectivity index (χ2v) is 2.57. The van der Waals surface area contributed by atoms with Gasteiger partial charge in [-0.2, -0.15) is 0 Å². The van der Waals surface area contributed by atoms with Gasteiger partial charge in [-0.05, 0) is 13.8 Å². The van der Waals surface area contributed by atoms with Crippen molar-refractivity contribution >= 4 is 5.78 Å². The fourth-order valence-corrected chi connectivity index (χ4v) is 1.14. The molecular formula is C9H10O2. The predicted octanol–water partition coefficient (Wildman–Crippen LogP) is 1.27. The van der Waals surface area contributed by atoms with Crippen LogP contribution in [0.25, 0.3) is 0 Å². The molecule has 2 heteroatoms. The van der Waals surface area contributed by atoms with Gasteiger partial charge in [0.25, 0.3) is 0 Å². The smallest absolute Gasteiger partial charge is 0.162 e. The van der Waals surface area contributed by atoms with Crippen LogP contribution >= 0.6 is 0 Å². The molecule has 1 atom stereocenters. The van der Waals surface area contributed by atoms with Crippen LogP contribution in [0.4, 0.5) is 0 Å². The van der Waals surface area contributed by atoms with Crippen LogP contribution in [-0.2, 0) is 9.53 Å². The highest BCUT2D eigenvalue weighted by atomic mass is 16.5. The highest BCUT2D eigenvalue weighted by Gasteiger charge is 2.23. The lowest BCUT2D eigenvalue weighted by atomic mass is 10.1. The predicted molar refractivity (Wildman–Crippen MR) is 41.7 cm³/mol. The summed E-state index contributed by atoms with van der Waals surface area (Å²) in [7, 11) is 0. The van der Waals surface area contributed by atoms with Gasteiger partial charge in [0.2, 0.25) is 0 Å². The zero-order valence-corrected chi connectivity index (χ0v) is 6.68. The summed E-state index contributed by atoms with van der Waals surface area (Å²) >= 11 is 0. The van der Waals surface area contributed by atoms with E-state index in [1.165, 1.54) is 6.92 Å². The van der Waals surface area contributed by atoms with E-state index in [2.05, 4.69) is 5.92 Å². The maximum atomic E-state index is 10.9. The lowest BCUT2D eigenvalue weighted by Gasteiger charge is -2.00. The highest BCUT2D eigenvalue weighted by molar-refractivity contribution is 5.94. The van der Waals surface area contributed by atoms with Gasteiger partial charge in [-0.1, -0.05) is 5.92 Å². The third kappa shape index (κ3) is 1.43. The fourth-order valence-electron chi connectivity index (χ4n) is 1.14. The van der Waals surface area contributed by atoms with E-state index < -0.39 is 0 Å². The molecule has 0 radical (unpaired) electrons. The molecule has 1 aliphatic heterocycles. The molecule has 0 aromatic rings. The van der Waals surface area contributed by atoms with Crippen LogP contribution in [0, 0.1) is 12.3 Å². The number of ether oxygens (including phenoxy) is 1. The molecule has 2 nitrogen and oxygen atoms in total. The Morgan fingerprint density at radius 2 is 2.45 bits per heavy atom. The molecule has 0 amide bonds. The summed E-state index contributed by atoms with van der Waals surface area (Å²) < 4.78 is 5.21. The standard InChI is InChI=1S/C9H10O2/c1-4-8-5-9(6(2)10)7(3)11-8/h1,8H,5H2,2-3H3. The average Bonchev–Trinajstić information content (AvgIpc) is 2.30. The van der Waals surface area contributed by atoms with E-state index in [1.54, 1.807) is 6.92 Å². The van der Waals surface area contributed by atoms with Crippen LogP contribution in [0.15, 0.2) is 11.3 Å². The number of Topliss-reactive ketones (excluding diaryl/α,β-unsaturated/α-hetero) is 1. The first-order valence-corrected chi connectivity index (χ1v) is 3.48. The Balaban J connectivity index is 2.77. The van der Waals surface area contributed by atoms with Crippen molar-refractivity contribution in [2.24, 2.45) is 0 Å². The minimum atomic E-state index is -0.228. The van der Waals surface area contributed by atoms with Crippen LogP contribution in [0.5, 0.6) is 0 Å². The second-order valence-electron chi connectivity index (χ2n) is 2.57. The molecule has 0 aromatic carbocycles. The molecule has 1 heterocycles. The van der Waals surface area contributed by atoms with Crippen molar-refractivity contribution in [1.82, 2.24) is 0 Å². The third-order valence-electron chi connectivity index (χ3n) is 1.74. The van der Waals surface area contributed by atoms with Crippen molar-refractivity contribution in [2.75, 3.05) is 0 Å². The molecular weight excluding hydrogens is 140 g/mol. The van der Waals surface area contributed by atoms with Gasteiger partial charge in [0.05, 0.1) is 0 Å². The van der Waals surface area contributed by atoms with Crippen molar-refractivity contribution in [3.05, 3.63) is 11.3 Å². The summed E-state index contributed by atoms with van der Waals surface area (Å²) in [5.74, 6) is 3.20. The van der Waals surface area contributed by atoms with Gasteiger partial charge in [0, 0.05) is 12.0 Å². The zero-order valence-electron chi connectivity index (χ0n) is 6.68. The van der Waals surface area contributed by atoms with Gasteiger partial charge in [-0.3, -0.25) is 4.79 Å². The molecule has 0 bridgehead atoms. The zero-order chi connectivity index (χ0) is 8.43. The first-order valence-electron chi connectivity index (χ1n) is 3.48. The van der Waals surface area contributed by atoms with E-state index >= 15 is 0 Å². The van der Waals surface area contributed by atoms with Crippen molar-refractivity contribution in [3.63, 3.8) is 0 Å². The monoisotopic (exact) mass is 150 g/mol. The number of rotatable bonds is 1. The van der Waals surface area contributed by atoms with Gasteiger partial charge in [-0.25, -0.2) is 0 Å². The Morgan fingerprint density at radius 1 is 1.82 bits per heavy atom. The Hall–Kier alpha value is -1.23. The molecule has 0 aliphatic carbocycles. The average molecular weight is 150 g/mol. The van der Waals surface area contributed by atoms with E-state index in [1.807, 2.05) is 0 Å². The third-order valence-corrected chi connectivity index (χ3v) is 1.74. The van der Waals surface area contributed by atoms with E-state index in [9.17, 15) is 4.79 Å². The Labute approximate surface area is 66.2 Å². The van der Waals surface area contributed by atoms with E-state index in [0.29, 0.717) is 12.2 Å². The fraction of sp³-hybridized carbons (Fsp3) is 0.444. The molecule has 0 saturated heterocycles. The Kier molecular flexibility index (Phi) is 2.00. The molecule has 1 aliphatic rings. The van der Waals surface area contributed by atoms with Crippen LogP contribution in [0.2, 0.25) is 0 Å². The second kappa shape index (κ2) is 2.79. The number of terminal acetylenes is 1. The quantitative estimate of drug-likeness (QED) is 0.526. The Morgan fingerprint density at radius 3 is 2.73 bits per heavy atom. The summed E-state index contributed by atoms with van der Waals surface area (Å²) in [4.78, 5) is 10.9. The van der Waals surface area contributed by atoms with Gasteiger partial charge in [0.15, 0.2) is 11.9 Å². The Bertz CT molecular complexity index is 255. The maximum Gasteiger partial charge on any atom is 0.162 e. The molecule has 0 fully saturated rings. The topological polar surface area (TPSA) is 26.3 Å². The molecule has 58 valence electrons. The minimum Gasteiger partial charge on any atom is -0.482 e. The van der Waals surface area contributed by atoms with Crippen molar-refractivity contribution < 1.29 is 9.53 Å². The summed E-state index contributed by atoms with van der Waals surface area (Å²) in [5, 5.41) is 0. The summed E-state index contributed by atoms with van der Waals surface area (Å²) in [6, 6.07) is 0. The largest absolute Gasteiger partial charge is 0.482 e.